The molecule has 0 aliphatic heterocycles. The zero-order chi connectivity index (χ0) is 11.6. The molecule has 1 aromatic heterocycles. The minimum Gasteiger partial charge on any atom is -0.312 e. The largest absolute Gasteiger partial charge is 0.312 e. The predicted molar refractivity (Wildman–Crippen MR) is 69.8 cm³/mol. The Morgan fingerprint density at radius 1 is 1.38 bits per heavy atom. The molecule has 0 amide bonds. The fraction of sp³-hybridized carbons (Fsp3) is 0.769. The molecular formula is C13H22N2S. The maximum atomic E-state index is 4.38. The third-order valence-corrected chi connectivity index (χ3v) is 4.19. The number of hydrogen-bond donors (Lipinski definition) is 1. The van der Waals surface area contributed by atoms with Gasteiger partial charge in [0.05, 0.1) is 5.01 Å². The van der Waals surface area contributed by atoms with Gasteiger partial charge in [0.25, 0.3) is 0 Å². The summed E-state index contributed by atoms with van der Waals surface area (Å²) in [7, 11) is 0. The van der Waals surface area contributed by atoms with Crippen molar-refractivity contribution in [3.63, 3.8) is 0 Å². The highest BCUT2D eigenvalue weighted by atomic mass is 32.1. The Hall–Kier alpha value is -0.410. The summed E-state index contributed by atoms with van der Waals surface area (Å²) in [6.45, 7) is 7.88. The van der Waals surface area contributed by atoms with Crippen molar-refractivity contribution in [3.05, 3.63) is 16.6 Å². The van der Waals surface area contributed by atoms with Gasteiger partial charge in [-0.1, -0.05) is 0 Å². The number of nitrogens with one attached hydrogen (secondary N) is 1. The topological polar surface area (TPSA) is 24.9 Å². The van der Waals surface area contributed by atoms with E-state index >= 15 is 0 Å². The molecule has 1 aliphatic carbocycles. The van der Waals surface area contributed by atoms with Crippen molar-refractivity contribution in [2.75, 3.05) is 6.54 Å². The normalized spacial score (nSPS) is 25.4. The molecule has 1 aromatic rings. The van der Waals surface area contributed by atoms with Crippen molar-refractivity contribution in [2.45, 2.75) is 45.6 Å². The van der Waals surface area contributed by atoms with Gasteiger partial charge in [-0.05, 0) is 52.0 Å². The van der Waals surface area contributed by atoms with Crippen LogP contribution < -0.4 is 5.32 Å². The van der Waals surface area contributed by atoms with E-state index < -0.39 is 0 Å². The minimum atomic E-state index is 0.251. The van der Waals surface area contributed by atoms with Crippen LogP contribution in [0.5, 0.6) is 0 Å². The van der Waals surface area contributed by atoms with Crippen LogP contribution in [0.25, 0.3) is 0 Å². The zero-order valence-corrected chi connectivity index (χ0v) is 11.3. The van der Waals surface area contributed by atoms with Gasteiger partial charge in [0.15, 0.2) is 0 Å². The third-order valence-electron chi connectivity index (χ3n) is 3.39. The molecule has 1 saturated carbocycles. The van der Waals surface area contributed by atoms with Gasteiger partial charge in [0.1, 0.15) is 0 Å². The van der Waals surface area contributed by atoms with E-state index in [4.69, 9.17) is 0 Å². The van der Waals surface area contributed by atoms with Crippen LogP contribution in [0, 0.1) is 11.8 Å². The highest BCUT2D eigenvalue weighted by molar-refractivity contribution is 7.09. The molecule has 3 heteroatoms. The summed E-state index contributed by atoms with van der Waals surface area (Å²) in [5, 5.41) is 7.01. The number of thiazole rings is 1. The molecular weight excluding hydrogens is 216 g/mol. The summed E-state index contributed by atoms with van der Waals surface area (Å²) < 4.78 is 0. The smallest absolute Gasteiger partial charge is 0.0927 e. The van der Waals surface area contributed by atoms with E-state index in [0.29, 0.717) is 0 Å². The van der Waals surface area contributed by atoms with Crippen molar-refractivity contribution < 1.29 is 0 Å². The van der Waals surface area contributed by atoms with Crippen molar-refractivity contribution in [3.8, 4) is 0 Å². The lowest BCUT2D eigenvalue weighted by Crippen LogP contribution is -2.44. The molecule has 90 valence electrons. The molecule has 2 atom stereocenters. The predicted octanol–water partition coefficient (Wildman–Crippen LogP) is 3.10. The maximum Gasteiger partial charge on any atom is 0.0927 e. The molecule has 0 aromatic carbocycles. The van der Waals surface area contributed by atoms with Crippen molar-refractivity contribution >= 4 is 11.3 Å². The van der Waals surface area contributed by atoms with E-state index in [1.807, 2.05) is 6.20 Å². The quantitative estimate of drug-likeness (QED) is 0.872. The summed E-state index contributed by atoms with van der Waals surface area (Å²) >= 11 is 1.79. The number of hydrogen-bond acceptors (Lipinski definition) is 3. The van der Waals surface area contributed by atoms with Crippen molar-refractivity contribution in [1.29, 1.82) is 0 Å². The lowest BCUT2D eigenvalue weighted by molar-refractivity contribution is 0.159. The van der Waals surface area contributed by atoms with E-state index in [-0.39, 0.29) is 5.54 Å². The minimum absolute atomic E-state index is 0.251. The van der Waals surface area contributed by atoms with Crippen LogP contribution in [-0.2, 0) is 6.42 Å². The first-order chi connectivity index (χ1) is 7.54. The second-order valence-electron chi connectivity index (χ2n) is 5.86. The second kappa shape index (κ2) is 4.84. The molecule has 1 N–H and O–H groups in total. The molecule has 2 unspecified atom stereocenters. The Labute approximate surface area is 102 Å². The molecule has 0 radical (unpaired) electrons. The van der Waals surface area contributed by atoms with Crippen LogP contribution in [0.4, 0.5) is 0 Å². The fourth-order valence-corrected chi connectivity index (χ4v) is 2.90. The van der Waals surface area contributed by atoms with Gasteiger partial charge in [-0.2, -0.15) is 0 Å². The molecule has 1 heterocycles. The lowest BCUT2D eigenvalue weighted by Gasteiger charge is -2.38. The number of aromatic nitrogens is 1. The summed E-state index contributed by atoms with van der Waals surface area (Å²) in [6.07, 6.45) is 5.88. The van der Waals surface area contributed by atoms with Gasteiger partial charge < -0.3 is 5.32 Å². The second-order valence-corrected chi connectivity index (χ2v) is 6.84. The van der Waals surface area contributed by atoms with Gasteiger partial charge in [0, 0.05) is 23.5 Å². The molecule has 1 aliphatic rings. The Kier molecular flexibility index (Phi) is 3.65. The average Bonchev–Trinajstić information content (AvgIpc) is 2.63. The molecule has 0 saturated heterocycles. The highest BCUT2D eigenvalue weighted by Crippen LogP contribution is 2.36. The van der Waals surface area contributed by atoms with Gasteiger partial charge >= 0.3 is 0 Å². The first-order valence-corrected chi connectivity index (χ1v) is 7.06. The van der Waals surface area contributed by atoms with Crippen LogP contribution in [-0.4, -0.2) is 17.1 Å². The molecule has 2 rings (SSSR count). The summed E-state index contributed by atoms with van der Waals surface area (Å²) in [5.74, 6) is 1.73. The van der Waals surface area contributed by atoms with Crippen LogP contribution in [0.3, 0.4) is 0 Å². The SMILES string of the molecule is CC(C)(C)NCC1CCC1Cc1nccs1. The molecule has 0 bridgehead atoms. The third kappa shape index (κ3) is 3.29. The lowest BCUT2D eigenvalue weighted by atomic mass is 9.72. The number of nitrogens with zero attached hydrogens (tertiary/aromatic N) is 1. The van der Waals surface area contributed by atoms with E-state index in [2.05, 4.69) is 36.5 Å². The Bertz CT molecular complexity index is 313. The summed E-state index contributed by atoms with van der Waals surface area (Å²) in [4.78, 5) is 4.38. The monoisotopic (exact) mass is 238 g/mol. The van der Waals surface area contributed by atoms with E-state index in [1.165, 1.54) is 30.8 Å². The maximum absolute atomic E-state index is 4.38. The van der Waals surface area contributed by atoms with Gasteiger partial charge in [-0.15, -0.1) is 11.3 Å². The van der Waals surface area contributed by atoms with E-state index in [9.17, 15) is 0 Å². The Balaban J connectivity index is 1.76. The first kappa shape index (κ1) is 12.1. The summed E-state index contributed by atoms with van der Waals surface area (Å²) in [5.41, 5.74) is 0.251. The highest BCUT2D eigenvalue weighted by Gasteiger charge is 2.31. The van der Waals surface area contributed by atoms with Crippen molar-refractivity contribution in [1.82, 2.24) is 10.3 Å². The van der Waals surface area contributed by atoms with Crippen LogP contribution in [0.1, 0.15) is 38.6 Å². The van der Waals surface area contributed by atoms with E-state index in [0.717, 1.165) is 11.8 Å². The van der Waals surface area contributed by atoms with Crippen LogP contribution in [0.2, 0.25) is 0 Å². The first-order valence-electron chi connectivity index (χ1n) is 6.18. The molecule has 0 spiro atoms. The molecule has 1 fully saturated rings. The van der Waals surface area contributed by atoms with Crippen LogP contribution >= 0.6 is 11.3 Å². The van der Waals surface area contributed by atoms with Crippen molar-refractivity contribution in [2.24, 2.45) is 11.8 Å². The standard InChI is InChI=1S/C13H22N2S/c1-13(2,3)15-9-11-5-4-10(11)8-12-14-6-7-16-12/h6-7,10-11,15H,4-5,8-9H2,1-3H3. The average molecular weight is 238 g/mol. The number of rotatable bonds is 4. The Morgan fingerprint density at radius 3 is 2.62 bits per heavy atom. The van der Waals surface area contributed by atoms with E-state index in [1.54, 1.807) is 11.3 Å². The van der Waals surface area contributed by atoms with Gasteiger partial charge in [0.2, 0.25) is 0 Å². The van der Waals surface area contributed by atoms with Crippen LogP contribution in [0.15, 0.2) is 11.6 Å². The molecule has 16 heavy (non-hydrogen) atoms. The zero-order valence-electron chi connectivity index (χ0n) is 10.5. The fourth-order valence-electron chi connectivity index (χ4n) is 2.19. The molecule has 2 nitrogen and oxygen atoms in total. The van der Waals surface area contributed by atoms with Gasteiger partial charge in [-0.25, -0.2) is 4.98 Å². The summed E-state index contributed by atoms with van der Waals surface area (Å²) in [6, 6.07) is 0. The Morgan fingerprint density at radius 2 is 2.12 bits per heavy atom. The van der Waals surface area contributed by atoms with Gasteiger partial charge in [-0.3, -0.25) is 0 Å².